The average Bonchev–Trinajstić information content (AvgIpc) is 2.68. The molecule has 0 aliphatic carbocycles. The zero-order valence-corrected chi connectivity index (χ0v) is 16.6. The summed E-state index contributed by atoms with van der Waals surface area (Å²) in [5, 5.41) is 1.68. The molecule has 1 heterocycles. The van der Waals surface area contributed by atoms with E-state index in [0.717, 1.165) is 33.4 Å². The molecule has 3 aromatic rings. The molecule has 0 saturated carbocycles. The number of para-hydroxylation sites is 2. The lowest BCUT2D eigenvalue weighted by Crippen LogP contribution is -2.17. The van der Waals surface area contributed by atoms with Crippen molar-refractivity contribution in [3.8, 4) is 0 Å². The fraction of sp³-hybridized carbons (Fsp3) is 0.0476. The summed E-state index contributed by atoms with van der Waals surface area (Å²) >= 11 is 11.5. The number of hydrogen-bond donors (Lipinski definition) is 0. The smallest absolute Gasteiger partial charge is 0.344 e. The fourth-order valence-electron chi connectivity index (χ4n) is 3.11. The van der Waals surface area contributed by atoms with E-state index in [1.165, 1.54) is 0 Å². The van der Waals surface area contributed by atoms with E-state index in [1.807, 2.05) is 42.7 Å². The lowest BCUT2D eigenvalue weighted by Gasteiger charge is -2.31. The lowest BCUT2D eigenvalue weighted by molar-refractivity contribution is 0.558. The van der Waals surface area contributed by atoms with Crippen LogP contribution >= 0.6 is 18.5 Å². The third kappa shape index (κ3) is 3.14. The van der Waals surface area contributed by atoms with Crippen LogP contribution in [-0.2, 0) is 16.3 Å². The molecule has 0 spiro atoms. The molecule has 1 aliphatic rings. The van der Waals surface area contributed by atoms with Gasteiger partial charge in [-0.05, 0) is 36.4 Å². The minimum atomic E-state index is -1.17. The summed E-state index contributed by atoms with van der Waals surface area (Å²) in [5.74, 6) is 0. The van der Waals surface area contributed by atoms with Crippen molar-refractivity contribution in [1.82, 2.24) is 0 Å². The van der Waals surface area contributed by atoms with Crippen molar-refractivity contribution in [2.45, 2.75) is 0 Å². The molecule has 0 fully saturated rings. The molecule has 26 heavy (non-hydrogen) atoms. The Labute approximate surface area is 164 Å². The van der Waals surface area contributed by atoms with E-state index in [9.17, 15) is 0 Å². The first kappa shape index (κ1) is 17.2. The van der Waals surface area contributed by atoms with Crippen molar-refractivity contribution in [3.63, 3.8) is 0 Å². The van der Waals surface area contributed by atoms with Gasteiger partial charge < -0.3 is 4.90 Å². The molecule has 5 heteroatoms. The van der Waals surface area contributed by atoms with E-state index in [4.69, 9.17) is 27.9 Å². The Hall–Kier alpha value is -2.19. The summed E-state index contributed by atoms with van der Waals surface area (Å²) in [6.45, 7) is -1.17. The van der Waals surface area contributed by atoms with Gasteiger partial charge in [0.1, 0.15) is 0 Å². The monoisotopic (exact) mass is 396 g/mol. The van der Waals surface area contributed by atoms with Crippen LogP contribution in [0.5, 0.6) is 0 Å². The summed E-state index contributed by atoms with van der Waals surface area (Å²) in [7, 11) is 2.09. The van der Waals surface area contributed by atoms with Gasteiger partial charge in [0.25, 0.3) is 0 Å². The lowest BCUT2D eigenvalue weighted by atomic mass is 9.91. The first-order valence-electron chi connectivity index (χ1n) is 8.17. The summed E-state index contributed by atoms with van der Waals surface area (Å²) in [6.07, 6.45) is 1.82. The van der Waals surface area contributed by atoms with Crippen molar-refractivity contribution in [2.24, 2.45) is 0 Å². The Morgan fingerprint density at radius 1 is 0.885 bits per heavy atom. The van der Waals surface area contributed by atoms with Gasteiger partial charge in [0.15, 0.2) is 6.26 Å². The number of rotatable bonds is 3. The predicted octanol–water partition coefficient (Wildman–Crippen LogP) is 6.01. The topological polar surface area (TPSA) is 12.5 Å². The molecule has 2 nitrogen and oxygen atoms in total. The SMILES string of the molecule is CN1c2ccccc2C(=CO[P+](=S)c2ccc(Cl)cc2)c2ccccc21. The second-order valence-corrected chi connectivity index (χ2v) is 8.64. The molecule has 0 saturated heterocycles. The standard InChI is InChI=1S/C21H16ClNOPS/c1-23-20-8-4-2-6-17(20)19(18-7-3-5-9-21(18)23)14-24-25(26)16-12-10-15(22)11-13-16/h2-14H,1H3/q+1. The highest BCUT2D eigenvalue weighted by atomic mass is 35.5. The molecule has 3 aromatic carbocycles. The zero-order valence-electron chi connectivity index (χ0n) is 14.1. The van der Waals surface area contributed by atoms with Gasteiger partial charge in [0.2, 0.25) is 17.1 Å². The van der Waals surface area contributed by atoms with Crippen molar-refractivity contribution >= 4 is 52.6 Å². The van der Waals surface area contributed by atoms with Crippen molar-refractivity contribution in [1.29, 1.82) is 0 Å². The van der Waals surface area contributed by atoms with Crippen LogP contribution in [0, 0.1) is 0 Å². The van der Waals surface area contributed by atoms with E-state index in [0.29, 0.717) is 5.02 Å². The molecule has 1 unspecified atom stereocenters. The highest BCUT2D eigenvalue weighted by molar-refractivity contribution is 8.06. The van der Waals surface area contributed by atoms with Gasteiger partial charge in [-0.2, -0.15) is 0 Å². The average molecular weight is 397 g/mol. The highest BCUT2D eigenvalue weighted by Crippen LogP contribution is 2.44. The van der Waals surface area contributed by atoms with Crippen LogP contribution in [0.3, 0.4) is 0 Å². The third-order valence-electron chi connectivity index (χ3n) is 4.41. The Bertz CT molecular complexity index is 967. The number of fused-ring (bicyclic) bond motifs is 2. The molecular formula is C21H16ClNOPS+. The number of hydrogen-bond acceptors (Lipinski definition) is 3. The molecule has 1 aliphatic heterocycles. The van der Waals surface area contributed by atoms with Gasteiger partial charge in [0, 0.05) is 40.1 Å². The van der Waals surface area contributed by atoms with E-state index >= 15 is 0 Å². The van der Waals surface area contributed by atoms with Crippen molar-refractivity contribution < 1.29 is 4.52 Å². The maximum absolute atomic E-state index is 6.01. The Morgan fingerprint density at radius 3 is 2.00 bits per heavy atom. The zero-order chi connectivity index (χ0) is 18.1. The molecule has 0 aromatic heterocycles. The summed E-state index contributed by atoms with van der Waals surface area (Å²) < 4.78 is 6.01. The van der Waals surface area contributed by atoms with Crippen LogP contribution in [0.25, 0.3) is 5.57 Å². The summed E-state index contributed by atoms with van der Waals surface area (Å²) in [6, 6.07) is 24.2. The molecule has 1 atom stereocenters. The van der Waals surface area contributed by atoms with E-state index < -0.39 is 6.92 Å². The van der Waals surface area contributed by atoms with Crippen LogP contribution in [0.1, 0.15) is 11.1 Å². The first-order valence-corrected chi connectivity index (χ1v) is 10.8. The summed E-state index contributed by atoms with van der Waals surface area (Å²) in [5.41, 5.74) is 5.65. The number of benzene rings is 3. The second kappa shape index (κ2) is 7.20. The molecule has 0 N–H and O–H groups in total. The van der Waals surface area contributed by atoms with Crippen LogP contribution in [-0.4, -0.2) is 7.05 Å². The molecule has 0 bridgehead atoms. The van der Waals surface area contributed by atoms with Gasteiger partial charge in [-0.25, -0.2) is 0 Å². The largest absolute Gasteiger partial charge is 0.426 e. The Morgan fingerprint density at radius 2 is 1.42 bits per heavy atom. The number of nitrogens with zero attached hydrogens (tertiary/aromatic N) is 1. The maximum atomic E-state index is 6.01. The van der Waals surface area contributed by atoms with Gasteiger partial charge >= 0.3 is 6.92 Å². The number of halogens is 1. The van der Waals surface area contributed by atoms with Crippen LogP contribution < -0.4 is 10.2 Å². The third-order valence-corrected chi connectivity index (χ3v) is 6.57. The van der Waals surface area contributed by atoms with Crippen LogP contribution in [0.15, 0.2) is 79.1 Å². The molecule has 0 radical (unpaired) electrons. The predicted molar refractivity (Wildman–Crippen MR) is 114 cm³/mol. The maximum Gasteiger partial charge on any atom is 0.426 e. The van der Waals surface area contributed by atoms with Gasteiger partial charge in [-0.3, -0.25) is 4.52 Å². The fourth-order valence-corrected chi connectivity index (χ4v) is 4.45. The van der Waals surface area contributed by atoms with Gasteiger partial charge in [0.05, 0.1) is 0 Å². The molecule has 4 rings (SSSR count). The Kier molecular flexibility index (Phi) is 4.78. The van der Waals surface area contributed by atoms with E-state index in [1.54, 1.807) is 0 Å². The second-order valence-electron chi connectivity index (χ2n) is 5.96. The van der Waals surface area contributed by atoms with Crippen molar-refractivity contribution in [2.75, 3.05) is 11.9 Å². The van der Waals surface area contributed by atoms with E-state index in [2.05, 4.69) is 48.3 Å². The first-order chi connectivity index (χ1) is 12.6. The van der Waals surface area contributed by atoms with Crippen LogP contribution in [0.4, 0.5) is 11.4 Å². The van der Waals surface area contributed by atoms with E-state index in [-0.39, 0.29) is 0 Å². The highest BCUT2D eigenvalue weighted by Gasteiger charge is 2.25. The quantitative estimate of drug-likeness (QED) is 0.397. The minimum absolute atomic E-state index is 0.698. The minimum Gasteiger partial charge on any atom is -0.344 e. The molecular weight excluding hydrogens is 381 g/mol. The molecule has 0 amide bonds. The normalized spacial score (nSPS) is 12.9. The molecule has 128 valence electrons. The van der Waals surface area contributed by atoms with Crippen molar-refractivity contribution in [3.05, 3.63) is 95.2 Å². The Balaban J connectivity index is 1.74. The van der Waals surface area contributed by atoms with Gasteiger partial charge in [-0.1, -0.05) is 48.0 Å². The number of anilines is 2. The van der Waals surface area contributed by atoms with Crippen LogP contribution in [0.2, 0.25) is 5.02 Å². The van der Waals surface area contributed by atoms with Gasteiger partial charge in [-0.15, -0.1) is 0 Å². The summed E-state index contributed by atoms with van der Waals surface area (Å²) in [4.78, 5) is 2.21.